The van der Waals surface area contributed by atoms with Crippen LogP contribution in [0, 0.1) is 0 Å². The third-order valence-electron chi connectivity index (χ3n) is 8.30. The minimum Gasteiger partial charge on any atom is -0.463 e. The lowest BCUT2D eigenvalue weighted by molar-refractivity contribution is -0.146. The van der Waals surface area contributed by atoms with Crippen LogP contribution in [0.15, 0.2) is 146 Å². The Kier molecular flexibility index (Phi) is 44.7. The smallest absolute Gasteiger partial charge is 0.463 e. The quantitative estimate of drug-likeness (QED) is 0.0200. The monoisotopic (exact) mass is 884 g/mol. The van der Waals surface area contributed by atoms with Gasteiger partial charge in [-0.15, -0.1) is 0 Å². The van der Waals surface area contributed by atoms with Crippen LogP contribution in [-0.4, -0.2) is 65.7 Å². The minimum absolute atomic E-state index is 0. The Morgan fingerprint density at radius 2 is 0.710 bits per heavy atom. The van der Waals surface area contributed by atoms with Gasteiger partial charge in [0.2, 0.25) is 0 Å². The van der Waals surface area contributed by atoms with Gasteiger partial charge in [0, 0.05) is 0 Å². The molecule has 62 heavy (non-hydrogen) atoms. The lowest BCUT2D eigenvalue weighted by atomic mass is 10.1. The summed E-state index contributed by atoms with van der Waals surface area (Å²) in [5.74, 6) is -1.21. The van der Waals surface area contributed by atoms with Crippen LogP contribution >= 0.6 is 7.82 Å². The number of phosphoric ester groups is 1. The van der Waals surface area contributed by atoms with Gasteiger partial charge in [0.05, 0.1) is 26.1 Å². The molecule has 0 bridgehead atoms. The highest BCUT2D eigenvalue weighted by molar-refractivity contribution is 7.47. The fraction of sp³-hybridized carbons (Fsp3) is 0.480. The number of carbonyl (C=O) groups is 2. The molecule has 0 unspecified atom stereocenters. The number of rotatable bonds is 38. The van der Waals surface area contributed by atoms with E-state index in [9.17, 15) is 29.3 Å². The molecule has 0 spiro atoms. The fourth-order valence-electron chi connectivity index (χ4n) is 4.94. The van der Waals surface area contributed by atoms with Gasteiger partial charge in [0.1, 0.15) is 25.4 Å². The molecule has 0 rings (SSSR count). The predicted octanol–water partition coefficient (Wildman–Crippen LogP) is 12.0. The molecule has 0 heterocycles. The Hall–Kier alpha value is -4.19. The van der Waals surface area contributed by atoms with Gasteiger partial charge in [-0.2, -0.15) is 0 Å². The molecule has 0 fully saturated rings. The molecule has 11 nitrogen and oxygen atoms in total. The van der Waals surface area contributed by atoms with Gasteiger partial charge < -0.3 is 30.7 Å². The average molecular weight is 884 g/mol. The van der Waals surface area contributed by atoms with Crippen LogP contribution in [0.1, 0.15) is 117 Å². The van der Waals surface area contributed by atoms with Crippen molar-refractivity contribution >= 4 is 19.8 Å². The molecule has 0 radical (unpaired) electrons. The molecular weight excluding hydrogens is 806 g/mol. The molecule has 2 atom stereocenters. The molecule has 0 saturated carbocycles. The first-order valence-corrected chi connectivity index (χ1v) is 23.5. The van der Waals surface area contributed by atoms with Crippen molar-refractivity contribution in [2.45, 2.75) is 129 Å². The Balaban J connectivity index is 0. The molecule has 0 saturated heterocycles. The van der Waals surface area contributed by atoms with Crippen molar-refractivity contribution in [1.29, 1.82) is 0 Å². The Labute approximate surface area is 373 Å². The topological polar surface area (TPSA) is 184 Å². The van der Waals surface area contributed by atoms with E-state index in [2.05, 4.69) is 38.2 Å². The van der Waals surface area contributed by atoms with Crippen molar-refractivity contribution in [3.8, 4) is 0 Å². The first kappa shape index (κ1) is 59.9. The van der Waals surface area contributed by atoms with E-state index in [-0.39, 0.29) is 19.0 Å². The van der Waals surface area contributed by atoms with E-state index >= 15 is 0 Å². The zero-order chi connectivity index (χ0) is 44.8. The van der Waals surface area contributed by atoms with E-state index in [1.165, 1.54) is 77.0 Å². The summed E-state index contributed by atoms with van der Waals surface area (Å²) in [5, 5.41) is 20.0. The summed E-state index contributed by atoms with van der Waals surface area (Å²) in [5.41, 5.74) is 0. The third kappa shape index (κ3) is 46.9. The molecule has 12 heteroatoms. The van der Waals surface area contributed by atoms with Crippen molar-refractivity contribution in [3.05, 3.63) is 146 Å². The maximum Gasteiger partial charge on any atom is 0.472 e. The molecule has 6 N–H and O–H groups in total. The third-order valence-corrected chi connectivity index (χ3v) is 9.25. The van der Waals surface area contributed by atoms with E-state index in [4.69, 9.17) is 18.5 Å². The van der Waals surface area contributed by atoms with Crippen LogP contribution in [0.3, 0.4) is 0 Å². The van der Waals surface area contributed by atoms with E-state index in [1.807, 2.05) is 85.1 Å². The van der Waals surface area contributed by atoms with Crippen LogP contribution in [0.25, 0.3) is 0 Å². The minimum atomic E-state index is -4.66. The van der Waals surface area contributed by atoms with Crippen LogP contribution in [0.5, 0.6) is 0 Å². The molecular formula is C50H78NO10P. The summed E-state index contributed by atoms with van der Waals surface area (Å²) < 4.78 is 31.4. The Morgan fingerprint density at radius 3 is 1.03 bits per heavy atom. The molecule has 0 aromatic carbocycles. The lowest BCUT2D eigenvalue weighted by Gasteiger charge is -2.17. The van der Waals surface area contributed by atoms with E-state index in [0.717, 1.165) is 12.8 Å². The molecule has 0 aliphatic carbocycles. The number of hydrogen-bond donors (Lipinski definition) is 4. The van der Waals surface area contributed by atoms with Gasteiger partial charge in [-0.1, -0.05) is 224 Å². The number of phosphoric acid groups is 1. The number of unbranched alkanes of at least 4 members (excludes halogenated alkanes) is 12. The van der Waals surface area contributed by atoms with Crippen LogP contribution in [0.2, 0.25) is 0 Å². The molecule has 0 aliphatic heterocycles. The summed E-state index contributed by atoms with van der Waals surface area (Å²) >= 11 is 0. The van der Waals surface area contributed by atoms with E-state index < -0.39 is 58.4 Å². The zero-order valence-corrected chi connectivity index (χ0v) is 38.4. The SMILES string of the molecule is CCCCCCCC/C=C/C=C/C=C/C=C/C=C/C=C/CC(=O)OC[C@@H](O)COP(=O)(O)OC[C@H](O)COC(=O)C/C=C/C=C/C=C/C=C/C=C/C=C/CCCCCCCC.N. The second kappa shape index (κ2) is 46.3. The van der Waals surface area contributed by atoms with Crippen molar-refractivity contribution in [3.63, 3.8) is 0 Å². The van der Waals surface area contributed by atoms with E-state index in [1.54, 1.807) is 36.5 Å². The maximum absolute atomic E-state index is 12.1. The summed E-state index contributed by atoms with van der Waals surface area (Å²) in [7, 11) is -4.66. The fourth-order valence-corrected chi connectivity index (χ4v) is 5.73. The summed E-state index contributed by atoms with van der Waals surface area (Å²) in [6.45, 7) is 2.20. The standard InChI is InChI=1S/C50H75O10P.H3N/c1-3-5-7-9-11-13-15-17-19-21-23-25-27-29-31-33-35-37-39-41-49(53)57-43-47(51)45-59-61(55,56)60-46-48(52)44-58-50(54)42-40-38-36-34-32-30-28-26-24-22-20-18-16-14-12-10-8-6-4-2;/h17-40,47-48,51-52H,3-16,41-46H2,1-2H3,(H,55,56);1H3/b19-17+,20-18+,23-21+,24-22+,27-25+,28-26+,31-29+,32-30+,35-33+,36-34+,39-37+,40-38+;/t47-,48-;/m1./s1. The van der Waals surface area contributed by atoms with Crippen LogP contribution in [0.4, 0.5) is 0 Å². The number of carbonyl (C=O) groups excluding carboxylic acids is 2. The predicted molar refractivity (Wildman–Crippen MR) is 256 cm³/mol. The summed E-state index contributed by atoms with van der Waals surface area (Å²) in [6, 6.07) is 0. The first-order valence-electron chi connectivity index (χ1n) is 22.0. The number of ether oxygens (including phenoxy) is 2. The van der Waals surface area contributed by atoms with Gasteiger partial charge in [-0.25, -0.2) is 4.57 Å². The molecule has 0 aliphatic rings. The zero-order valence-electron chi connectivity index (χ0n) is 37.5. The number of esters is 2. The van der Waals surface area contributed by atoms with Crippen molar-refractivity contribution in [2.24, 2.45) is 0 Å². The van der Waals surface area contributed by atoms with Crippen LogP contribution < -0.4 is 6.15 Å². The van der Waals surface area contributed by atoms with Crippen molar-refractivity contribution in [1.82, 2.24) is 6.15 Å². The Morgan fingerprint density at radius 1 is 0.435 bits per heavy atom. The van der Waals surface area contributed by atoms with E-state index in [0.29, 0.717) is 0 Å². The highest BCUT2D eigenvalue weighted by atomic mass is 31.2. The van der Waals surface area contributed by atoms with Gasteiger partial charge in [0.25, 0.3) is 0 Å². The maximum atomic E-state index is 12.1. The van der Waals surface area contributed by atoms with Crippen molar-refractivity contribution in [2.75, 3.05) is 26.4 Å². The molecule has 0 aromatic heterocycles. The molecule has 0 amide bonds. The number of hydrogen-bond acceptors (Lipinski definition) is 10. The number of aliphatic hydroxyl groups excluding tert-OH is 2. The molecule has 0 aromatic rings. The first-order chi connectivity index (χ1) is 29.7. The van der Waals surface area contributed by atoms with Gasteiger partial charge in [-0.05, 0) is 25.7 Å². The highest BCUT2D eigenvalue weighted by Crippen LogP contribution is 2.43. The van der Waals surface area contributed by atoms with Gasteiger partial charge >= 0.3 is 19.8 Å². The Bertz CT molecular complexity index is 1410. The number of allylic oxidation sites excluding steroid dienone is 22. The summed E-state index contributed by atoms with van der Waals surface area (Å²) in [6.07, 6.45) is 60.4. The lowest BCUT2D eigenvalue weighted by Crippen LogP contribution is -2.25. The van der Waals surface area contributed by atoms with Gasteiger partial charge in [0.15, 0.2) is 0 Å². The normalized spacial score (nSPS) is 14.1. The second-order valence-corrected chi connectivity index (χ2v) is 15.5. The van der Waals surface area contributed by atoms with Gasteiger partial charge in [-0.3, -0.25) is 18.6 Å². The average Bonchev–Trinajstić information content (AvgIpc) is 3.25. The summed E-state index contributed by atoms with van der Waals surface area (Å²) in [4.78, 5) is 33.7. The highest BCUT2D eigenvalue weighted by Gasteiger charge is 2.25. The molecule has 348 valence electrons. The van der Waals surface area contributed by atoms with Crippen molar-refractivity contribution < 1.29 is 47.8 Å². The largest absolute Gasteiger partial charge is 0.472 e. The van der Waals surface area contributed by atoms with Crippen LogP contribution in [-0.2, 0) is 32.7 Å². The second-order valence-electron chi connectivity index (χ2n) is 14.0. The number of aliphatic hydroxyl groups is 2.